The molecule has 17 heavy (non-hydrogen) atoms. The van der Waals surface area contributed by atoms with Gasteiger partial charge in [-0.1, -0.05) is 12.1 Å². The normalized spacial score (nSPS) is 10.2. The third-order valence-corrected chi connectivity index (χ3v) is 3.82. The van der Waals surface area contributed by atoms with E-state index < -0.39 is 4.92 Å². The second kappa shape index (κ2) is 4.89. The Hall–Kier alpha value is -1.33. The van der Waals surface area contributed by atoms with E-state index in [0.29, 0.717) is 0 Å². The Morgan fingerprint density at radius 1 is 1.12 bits per heavy atom. The van der Waals surface area contributed by atoms with Gasteiger partial charge >= 0.3 is 0 Å². The van der Waals surface area contributed by atoms with Crippen molar-refractivity contribution < 1.29 is 4.92 Å². The lowest BCUT2D eigenvalue weighted by Gasteiger charge is -2.06. The van der Waals surface area contributed by atoms with Crippen LogP contribution in [-0.4, -0.2) is 4.92 Å². The molecule has 0 aliphatic heterocycles. The molecule has 0 saturated carbocycles. The standard InChI is InChI=1S/C12H8BrNO2S/c13-11-3-1-2-10(12(11)17)8-4-6-9(7-5-8)14(15)16/h1-7,17H. The molecule has 0 unspecified atom stereocenters. The van der Waals surface area contributed by atoms with Crippen molar-refractivity contribution >= 4 is 34.2 Å². The molecule has 0 saturated heterocycles. The minimum Gasteiger partial charge on any atom is -0.258 e. The van der Waals surface area contributed by atoms with Crippen molar-refractivity contribution in [2.45, 2.75) is 4.90 Å². The van der Waals surface area contributed by atoms with Gasteiger partial charge in [0.2, 0.25) is 0 Å². The molecule has 0 atom stereocenters. The summed E-state index contributed by atoms with van der Waals surface area (Å²) in [5.74, 6) is 0. The van der Waals surface area contributed by atoms with E-state index in [4.69, 9.17) is 0 Å². The monoisotopic (exact) mass is 309 g/mol. The molecule has 5 heteroatoms. The predicted octanol–water partition coefficient (Wildman–Crippen LogP) is 4.31. The molecule has 0 heterocycles. The van der Waals surface area contributed by atoms with Crippen LogP contribution in [0.25, 0.3) is 11.1 Å². The first-order valence-corrected chi connectivity index (χ1v) is 6.06. The maximum Gasteiger partial charge on any atom is 0.269 e. The van der Waals surface area contributed by atoms with E-state index in [1.807, 2.05) is 18.2 Å². The van der Waals surface area contributed by atoms with Gasteiger partial charge in [0.25, 0.3) is 5.69 Å². The average Bonchev–Trinajstić information content (AvgIpc) is 2.33. The zero-order valence-electron chi connectivity index (χ0n) is 8.63. The Bertz CT molecular complexity index is 569. The van der Waals surface area contributed by atoms with Crippen LogP contribution in [0.3, 0.4) is 0 Å². The highest BCUT2D eigenvalue weighted by Gasteiger charge is 2.08. The van der Waals surface area contributed by atoms with Crippen LogP contribution in [0, 0.1) is 10.1 Å². The van der Waals surface area contributed by atoms with E-state index in [1.54, 1.807) is 12.1 Å². The van der Waals surface area contributed by atoms with Crippen LogP contribution >= 0.6 is 28.6 Å². The third-order valence-electron chi connectivity index (χ3n) is 2.38. The highest BCUT2D eigenvalue weighted by Crippen LogP contribution is 2.32. The Kier molecular flexibility index (Phi) is 3.49. The number of rotatable bonds is 2. The van der Waals surface area contributed by atoms with Crippen LogP contribution in [0.15, 0.2) is 51.8 Å². The molecule has 2 rings (SSSR count). The van der Waals surface area contributed by atoms with Crippen molar-refractivity contribution in [3.63, 3.8) is 0 Å². The van der Waals surface area contributed by atoms with Gasteiger partial charge in [0.05, 0.1) is 4.92 Å². The van der Waals surface area contributed by atoms with Crippen LogP contribution in [-0.2, 0) is 0 Å². The second-order valence-corrected chi connectivity index (χ2v) is 4.74. The molecule has 0 N–H and O–H groups in total. The number of non-ortho nitro benzene ring substituents is 1. The zero-order chi connectivity index (χ0) is 12.4. The molecule has 0 amide bonds. The van der Waals surface area contributed by atoms with Crippen LogP contribution in [0.1, 0.15) is 0 Å². The number of nitro groups is 1. The molecule has 86 valence electrons. The molecule has 0 aliphatic rings. The summed E-state index contributed by atoms with van der Waals surface area (Å²) in [4.78, 5) is 11.0. The van der Waals surface area contributed by atoms with E-state index in [0.717, 1.165) is 20.5 Å². The van der Waals surface area contributed by atoms with Gasteiger partial charge in [-0.3, -0.25) is 10.1 Å². The number of thiol groups is 1. The maximum atomic E-state index is 10.6. The summed E-state index contributed by atoms with van der Waals surface area (Å²) >= 11 is 7.80. The molecule has 0 aromatic heterocycles. The van der Waals surface area contributed by atoms with Crippen LogP contribution in [0.5, 0.6) is 0 Å². The van der Waals surface area contributed by atoms with Crippen molar-refractivity contribution in [2.24, 2.45) is 0 Å². The van der Waals surface area contributed by atoms with Gasteiger partial charge in [-0.15, -0.1) is 12.6 Å². The fourth-order valence-electron chi connectivity index (χ4n) is 1.51. The topological polar surface area (TPSA) is 43.1 Å². The minimum atomic E-state index is -0.410. The lowest BCUT2D eigenvalue weighted by atomic mass is 10.1. The molecule has 0 aliphatic carbocycles. The fourth-order valence-corrected chi connectivity index (χ4v) is 2.16. The summed E-state index contributed by atoms with van der Waals surface area (Å²) in [7, 11) is 0. The molecule has 0 bridgehead atoms. The van der Waals surface area contributed by atoms with E-state index >= 15 is 0 Å². The smallest absolute Gasteiger partial charge is 0.258 e. The first-order valence-electron chi connectivity index (χ1n) is 4.82. The summed E-state index contributed by atoms with van der Waals surface area (Å²) in [6, 6.07) is 12.2. The third kappa shape index (κ3) is 2.50. The first kappa shape index (κ1) is 12.1. The molecular weight excluding hydrogens is 302 g/mol. The SMILES string of the molecule is O=[N+]([O-])c1ccc(-c2cccc(Br)c2S)cc1. The van der Waals surface area contributed by atoms with Crippen LogP contribution in [0.4, 0.5) is 5.69 Å². The largest absolute Gasteiger partial charge is 0.269 e. The van der Waals surface area contributed by atoms with Gasteiger partial charge in [0, 0.05) is 21.5 Å². The number of hydrogen-bond acceptors (Lipinski definition) is 3. The molecule has 0 radical (unpaired) electrons. The van der Waals surface area contributed by atoms with E-state index in [-0.39, 0.29) is 5.69 Å². The lowest BCUT2D eigenvalue weighted by Crippen LogP contribution is -1.87. The summed E-state index contributed by atoms with van der Waals surface area (Å²) in [6.07, 6.45) is 0. The molecule has 2 aromatic carbocycles. The van der Waals surface area contributed by atoms with E-state index in [1.165, 1.54) is 12.1 Å². The van der Waals surface area contributed by atoms with E-state index in [2.05, 4.69) is 28.6 Å². The van der Waals surface area contributed by atoms with Crippen LogP contribution < -0.4 is 0 Å². The quantitative estimate of drug-likeness (QED) is 0.510. The predicted molar refractivity (Wildman–Crippen MR) is 73.5 cm³/mol. The number of benzene rings is 2. The Balaban J connectivity index is 2.47. The summed E-state index contributed by atoms with van der Waals surface area (Å²) in [5.41, 5.74) is 1.93. The Morgan fingerprint density at radius 2 is 1.76 bits per heavy atom. The molecule has 2 aromatic rings. The van der Waals surface area contributed by atoms with Gasteiger partial charge in [0.1, 0.15) is 0 Å². The Labute approximate surface area is 112 Å². The Morgan fingerprint density at radius 3 is 2.35 bits per heavy atom. The number of hydrogen-bond donors (Lipinski definition) is 1. The highest BCUT2D eigenvalue weighted by molar-refractivity contribution is 9.10. The van der Waals surface area contributed by atoms with Gasteiger partial charge in [-0.25, -0.2) is 0 Å². The van der Waals surface area contributed by atoms with Crippen molar-refractivity contribution in [1.29, 1.82) is 0 Å². The molecule has 0 spiro atoms. The summed E-state index contributed by atoms with van der Waals surface area (Å²) < 4.78 is 0.900. The van der Waals surface area contributed by atoms with Crippen molar-refractivity contribution in [1.82, 2.24) is 0 Å². The summed E-state index contributed by atoms with van der Waals surface area (Å²) in [5, 5.41) is 10.6. The zero-order valence-corrected chi connectivity index (χ0v) is 11.1. The van der Waals surface area contributed by atoms with Gasteiger partial charge in [0.15, 0.2) is 0 Å². The van der Waals surface area contributed by atoms with E-state index in [9.17, 15) is 10.1 Å². The summed E-state index contributed by atoms with van der Waals surface area (Å²) in [6.45, 7) is 0. The van der Waals surface area contributed by atoms with Crippen molar-refractivity contribution in [3.8, 4) is 11.1 Å². The number of halogens is 1. The molecule has 0 fully saturated rings. The van der Waals surface area contributed by atoms with Crippen molar-refractivity contribution in [2.75, 3.05) is 0 Å². The number of nitro benzene ring substituents is 1. The second-order valence-electron chi connectivity index (χ2n) is 3.44. The lowest BCUT2D eigenvalue weighted by molar-refractivity contribution is -0.384. The number of nitrogens with zero attached hydrogens (tertiary/aromatic N) is 1. The minimum absolute atomic E-state index is 0.0875. The van der Waals surface area contributed by atoms with Gasteiger partial charge in [-0.2, -0.15) is 0 Å². The van der Waals surface area contributed by atoms with Gasteiger partial charge in [-0.05, 0) is 45.3 Å². The van der Waals surface area contributed by atoms with Crippen LogP contribution in [0.2, 0.25) is 0 Å². The fraction of sp³-hybridized carbons (Fsp3) is 0. The maximum absolute atomic E-state index is 10.6. The molecular formula is C12H8BrNO2S. The molecule has 3 nitrogen and oxygen atoms in total. The van der Waals surface area contributed by atoms with Gasteiger partial charge < -0.3 is 0 Å². The first-order chi connectivity index (χ1) is 8.09. The van der Waals surface area contributed by atoms with Crippen molar-refractivity contribution in [3.05, 3.63) is 57.1 Å². The highest BCUT2D eigenvalue weighted by atomic mass is 79.9. The average molecular weight is 310 g/mol.